The zero-order valence-corrected chi connectivity index (χ0v) is 12.3. The molecule has 112 valence electrons. The Kier molecular flexibility index (Phi) is 3.26. The van der Waals surface area contributed by atoms with Crippen LogP contribution in [-0.4, -0.2) is 17.1 Å². The Morgan fingerprint density at radius 2 is 2.10 bits per heavy atom. The fourth-order valence-electron chi connectivity index (χ4n) is 4.84. The fourth-order valence-corrected chi connectivity index (χ4v) is 4.84. The first-order chi connectivity index (χ1) is 10.2. The summed E-state index contributed by atoms with van der Waals surface area (Å²) in [5.74, 6) is 2.36. The summed E-state index contributed by atoms with van der Waals surface area (Å²) in [6, 6.07) is 7.82. The molecule has 1 aromatic rings. The van der Waals surface area contributed by atoms with E-state index in [2.05, 4.69) is 5.32 Å². The van der Waals surface area contributed by atoms with Gasteiger partial charge in [0.2, 0.25) is 5.91 Å². The molecule has 0 radical (unpaired) electrons. The van der Waals surface area contributed by atoms with E-state index in [0.29, 0.717) is 18.8 Å². The van der Waals surface area contributed by atoms with Gasteiger partial charge in [-0.05, 0) is 48.1 Å². The third-order valence-electron chi connectivity index (χ3n) is 5.85. The number of benzene rings is 1. The number of carbonyl (C=O) groups is 1. The van der Waals surface area contributed by atoms with Crippen molar-refractivity contribution in [2.75, 3.05) is 0 Å². The van der Waals surface area contributed by atoms with Crippen LogP contribution in [0.15, 0.2) is 24.3 Å². The molecule has 4 rings (SSSR count). The van der Waals surface area contributed by atoms with Gasteiger partial charge in [-0.2, -0.15) is 0 Å². The maximum Gasteiger partial charge on any atom is 0.220 e. The highest BCUT2D eigenvalue weighted by Crippen LogP contribution is 2.49. The monoisotopic (exact) mass is 285 g/mol. The molecule has 0 saturated heterocycles. The van der Waals surface area contributed by atoms with Gasteiger partial charge in [0.1, 0.15) is 0 Å². The molecule has 0 aromatic heterocycles. The highest BCUT2D eigenvalue weighted by molar-refractivity contribution is 5.77. The predicted molar refractivity (Wildman–Crippen MR) is 80.6 cm³/mol. The molecular weight excluding hydrogens is 262 g/mol. The lowest BCUT2D eigenvalue weighted by atomic mass is 9.86. The standard InChI is InChI=1S/C18H23NO2/c20-16-9-13-3-1-2-4-15(13)18(16)19-17(21)10-14-8-11-5-6-12(14)7-11/h1-4,11-12,14,16,18,20H,5-10H2,(H,19,21). The second-order valence-corrected chi connectivity index (χ2v) is 7.15. The van der Waals surface area contributed by atoms with Crippen molar-refractivity contribution < 1.29 is 9.90 Å². The number of amides is 1. The second-order valence-electron chi connectivity index (χ2n) is 7.15. The van der Waals surface area contributed by atoms with E-state index in [-0.39, 0.29) is 11.9 Å². The summed E-state index contributed by atoms with van der Waals surface area (Å²) in [4.78, 5) is 12.4. The summed E-state index contributed by atoms with van der Waals surface area (Å²) in [5.41, 5.74) is 2.25. The van der Waals surface area contributed by atoms with E-state index in [4.69, 9.17) is 0 Å². The van der Waals surface area contributed by atoms with E-state index in [1.54, 1.807) is 0 Å². The van der Waals surface area contributed by atoms with E-state index in [0.717, 1.165) is 23.0 Å². The van der Waals surface area contributed by atoms with Crippen LogP contribution >= 0.6 is 0 Å². The van der Waals surface area contributed by atoms with Crippen LogP contribution in [0, 0.1) is 17.8 Å². The normalized spacial score (nSPS) is 36.7. The highest BCUT2D eigenvalue weighted by Gasteiger charge is 2.40. The minimum Gasteiger partial charge on any atom is -0.390 e. The van der Waals surface area contributed by atoms with Gasteiger partial charge in [0.05, 0.1) is 12.1 Å². The predicted octanol–water partition coefficient (Wildman–Crippen LogP) is 2.59. The van der Waals surface area contributed by atoms with Crippen molar-refractivity contribution >= 4 is 5.91 Å². The van der Waals surface area contributed by atoms with E-state index >= 15 is 0 Å². The van der Waals surface area contributed by atoms with Crippen LogP contribution in [0.25, 0.3) is 0 Å². The maximum absolute atomic E-state index is 12.4. The van der Waals surface area contributed by atoms with Crippen molar-refractivity contribution in [3.05, 3.63) is 35.4 Å². The van der Waals surface area contributed by atoms with Crippen LogP contribution in [0.5, 0.6) is 0 Å². The Hall–Kier alpha value is -1.35. The van der Waals surface area contributed by atoms with Gasteiger partial charge < -0.3 is 10.4 Å². The van der Waals surface area contributed by atoms with Gasteiger partial charge in [-0.1, -0.05) is 30.7 Å². The molecule has 3 aliphatic rings. The van der Waals surface area contributed by atoms with Crippen LogP contribution in [0.2, 0.25) is 0 Å². The smallest absolute Gasteiger partial charge is 0.220 e. The topological polar surface area (TPSA) is 49.3 Å². The Morgan fingerprint density at radius 3 is 2.86 bits per heavy atom. The van der Waals surface area contributed by atoms with Gasteiger partial charge in [0.25, 0.3) is 0 Å². The van der Waals surface area contributed by atoms with Crippen molar-refractivity contribution in [1.82, 2.24) is 5.32 Å². The Morgan fingerprint density at radius 1 is 1.24 bits per heavy atom. The van der Waals surface area contributed by atoms with E-state index < -0.39 is 6.10 Å². The Balaban J connectivity index is 1.41. The first kappa shape index (κ1) is 13.3. The van der Waals surface area contributed by atoms with E-state index in [1.807, 2.05) is 24.3 Å². The van der Waals surface area contributed by atoms with Crippen molar-refractivity contribution in [2.24, 2.45) is 17.8 Å². The number of hydrogen-bond donors (Lipinski definition) is 2. The van der Waals surface area contributed by atoms with Gasteiger partial charge in [-0.15, -0.1) is 0 Å². The van der Waals surface area contributed by atoms with Gasteiger partial charge in [0.15, 0.2) is 0 Å². The molecule has 2 bridgehead atoms. The van der Waals surface area contributed by atoms with Crippen LogP contribution in [-0.2, 0) is 11.2 Å². The molecule has 1 amide bonds. The number of aliphatic hydroxyl groups is 1. The molecule has 2 fully saturated rings. The van der Waals surface area contributed by atoms with Crippen LogP contribution in [0.1, 0.15) is 49.3 Å². The third kappa shape index (κ3) is 2.38. The molecule has 0 aliphatic heterocycles. The highest BCUT2D eigenvalue weighted by atomic mass is 16.3. The van der Waals surface area contributed by atoms with Crippen LogP contribution in [0.3, 0.4) is 0 Å². The fraction of sp³-hybridized carbons (Fsp3) is 0.611. The molecule has 0 heterocycles. The summed E-state index contributed by atoms with van der Waals surface area (Å²) in [5, 5.41) is 13.3. The average Bonchev–Trinajstić information content (AvgIpc) is 3.14. The number of aliphatic hydroxyl groups excluding tert-OH is 1. The second kappa shape index (κ2) is 5.13. The Bertz CT molecular complexity index is 556. The number of carbonyl (C=O) groups excluding carboxylic acids is 1. The van der Waals surface area contributed by atoms with E-state index in [9.17, 15) is 9.90 Å². The average molecular weight is 285 g/mol. The molecule has 2 N–H and O–H groups in total. The van der Waals surface area contributed by atoms with E-state index in [1.165, 1.54) is 25.7 Å². The molecule has 3 aliphatic carbocycles. The summed E-state index contributed by atoms with van der Waals surface area (Å²) in [6.07, 6.45) is 6.08. The van der Waals surface area contributed by atoms with Crippen molar-refractivity contribution in [2.45, 2.75) is 50.7 Å². The SMILES string of the molecule is O=C(CC1CC2CCC1C2)NC1c2ccccc2CC1O. The largest absolute Gasteiger partial charge is 0.390 e. The van der Waals surface area contributed by atoms with Gasteiger partial charge in [0, 0.05) is 12.8 Å². The summed E-state index contributed by atoms with van der Waals surface area (Å²) >= 11 is 0. The zero-order valence-electron chi connectivity index (χ0n) is 12.3. The van der Waals surface area contributed by atoms with Crippen molar-refractivity contribution in [3.8, 4) is 0 Å². The van der Waals surface area contributed by atoms with Gasteiger partial charge in [-0.3, -0.25) is 4.79 Å². The Labute approximate surface area is 125 Å². The number of fused-ring (bicyclic) bond motifs is 3. The quantitative estimate of drug-likeness (QED) is 0.897. The van der Waals surface area contributed by atoms with Crippen LogP contribution < -0.4 is 5.32 Å². The number of rotatable bonds is 3. The molecule has 0 spiro atoms. The van der Waals surface area contributed by atoms with Crippen molar-refractivity contribution in [1.29, 1.82) is 0 Å². The van der Waals surface area contributed by atoms with Crippen LogP contribution in [0.4, 0.5) is 0 Å². The third-order valence-corrected chi connectivity index (χ3v) is 5.85. The lowest BCUT2D eigenvalue weighted by Crippen LogP contribution is -2.35. The molecule has 5 unspecified atom stereocenters. The molecule has 3 nitrogen and oxygen atoms in total. The van der Waals surface area contributed by atoms with Gasteiger partial charge >= 0.3 is 0 Å². The molecule has 2 saturated carbocycles. The minimum atomic E-state index is -0.480. The molecule has 3 heteroatoms. The maximum atomic E-state index is 12.4. The molecule has 21 heavy (non-hydrogen) atoms. The van der Waals surface area contributed by atoms with Gasteiger partial charge in [-0.25, -0.2) is 0 Å². The molecule has 5 atom stereocenters. The summed E-state index contributed by atoms with van der Waals surface area (Å²) in [7, 11) is 0. The van der Waals surface area contributed by atoms with Crippen molar-refractivity contribution in [3.63, 3.8) is 0 Å². The first-order valence-electron chi connectivity index (χ1n) is 8.26. The molecular formula is C18H23NO2. The lowest BCUT2D eigenvalue weighted by Gasteiger charge is -2.23. The number of hydrogen-bond acceptors (Lipinski definition) is 2. The summed E-state index contributed by atoms with van der Waals surface area (Å²) < 4.78 is 0. The first-order valence-corrected chi connectivity index (χ1v) is 8.26. The minimum absolute atomic E-state index is 0.119. The summed E-state index contributed by atoms with van der Waals surface area (Å²) in [6.45, 7) is 0. The lowest BCUT2D eigenvalue weighted by molar-refractivity contribution is -0.123. The number of nitrogens with one attached hydrogen (secondary N) is 1. The zero-order chi connectivity index (χ0) is 14.4. The molecule has 1 aromatic carbocycles.